The molecule has 0 amide bonds. The third kappa shape index (κ3) is 3.53. The number of hydrogen-bond acceptors (Lipinski definition) is 6. The number of ether oxygens (including phenoxy) is 1. The van der Waals surface area contributed by atoms with Crippen molar-refractivity contribution in [2.24, 2.45) is 0 Å². The van der Waals surface area contributed by atoms with Crippen molar-refractivity contribution in [1.82, 2.24) is 10.2 Å². The zero-order valence-corrected chi connectivity index (χ0v) is 10.6. The third-order valence-corrected chi connectivity index (χ3v) is 3.70. The second kappa shape index (κ2) is 5.28. The molecule has 1 aromatic heterocycles. The first-order chi connectivity index (χ1) is 7.86. The Labute approximate surface area is 103 Å². The fourth-order valence-corrected chi connectivity index (χ4v) is 1.92. The number of carbonyl (C=O) groups excluding carboxylic acids is 1. The number of hydrogen-bond donors (Lipinski definition) is 1. The van der Waals surface area contributed by atoms with Crippen LogP contribution in [0.2, 0.25) is 5.15 Å². The lowest BCUT2D eigenvalue weighted by Crippen LogP contribution is -2.33. The second-order valence-corrected chi connectivity index (χ2v) is 5.44. The average molecular weight is 280 g/mol. The highest BCUT2D eigenvalue weighted by Gasteiger charge is 2.29. The Morgan fingerprint density at radius 2 is 2.12 bits per heavy atom. The van der Waals surface area contributed by atoms with Crippen molar-refractivity contribution in [3.05, 3.63) is 17.3 Å². The van der Waals surface area contributed by atoms with E-state index in [4.69, 9.17) is 11.6 Å². The van der Waals surface area contributed by atoms with Gasteiger partial charge in [-0.15, -0.1) is 10.2 Å². The molecule has 0 aliphatic heterocycles. The smallest absolute Gasteiger partial charge is 0.325 e. The number of esters is 1. The number of rotatable bonds is 4. The summed E-state index contributed by atoms with van der Waals surface area (Å²) in [5.74, 6) is -0.885. The number of aromatic nitrogens is 2. The van der Waals surface area contributed by atoms with E-state index in [-0.39, 0.29) is 11.0 Å². The maximum Gasteiger partial charge on any atom is 0.325 e. The summed E-state index contributed by atoms with van der Waals surface area (Å²) in [6.45, 7) is 1.21. The topological polar surface area (TPSA) is 98.2 Å². The molecule has 1 unspecified atom stereocenters. The maximum absolute atomic E-state index is 11.7. The molecular formula is C8H10ClN3O4S. The number of carbonyl (C=O) groups is 1. The van der Waals surface area contributed by atoms with Crippen LogP contribution in [-0.4, -0.2) is 36.9 Å². The zero-order chi connectivity index (χ0) is 13.1. The number of methoxy groups -OCH3 is 1. The van der Waals surface area contributed by atoms with Crippen molar-refractivity contribution in [2.75, 3.05) is 11.8 Å². The lowest BCUT2D eigenvalue weighted by atomic mass is 10.5. The van der Waals surface area contributed by atoms with Crippen LogP contribution in [0.15, 0.2) is 12.1 Å². The van der Waals surface area contributed by atoms with Gasteiger partial charge < -0.3 is 4.74 Å². The minimum Gasteiger partial charge on any atom is -0.468 e. The van der Waals surface area contributed by atoms with Gasteiger partial charge in [0.25, 0.3) is 0 Å². The fraction of sp³-hybridized carbons (Fsp3) is 0.375. The molecule has 17 heavy (non-hydrogen) atoms. The van der Waals surface area contributed by atoms with Crippen LogP contribution in [0.5, 0.6) is 0 Å². The lowest BCUT2D eigenvalue weighted by Gasteiger charge is -2.11. The van der Waals surface area contributed by atoms with Crippen molar-refractivity contribution in [2.45, 2.75) is 12.2 Å². The van der Waals surface area contributed by atoms with Gasteiger partial charge in [0.05, 0.1) is 7.11 Å². The average Bonchev–Trinajstić information content (AvgIpc) is 2.30. The van der Waals surface area contributed by atoms with Crippen LogP contribution in [0.1, 0.15) is 6.92 Å². The summed E-state index contributed by atoms with van der Waals surface area (Å²) in [4.78, 5) is 11.1. The summed E-state index contributed by atoms with van der Waals surface area (Å²) in [6.07, 6.45) is 0. The predicted molar refractivity (Wildman–Crippen MR) is 61.1 cm³/mol. The summed E-state index contributed by atoms with van der Waals surface area (Å²) in [7, 11) is -2.80. The molecule has 0 aromatic carbocycles. The molecule has 1 rings (SSSR count). The Morgan fingerprint density at radius 1 is 1.47 bits per heavy atom. The van der Waals surface area contributed by atoms with Crippen LogP contribution in [0.25, 0.3) is 0 Å². The van der Waals surface area contributed by atoms with Gasteiger partial charge in [-0.05, 0) is 19.1 Å². The van der Waals surface area contributed by atoms with Crippen LogP contribution in [0.4, 0.5) is 5.82 Å². The molecule has 0 aliphatic carbocycles. The van der Waals surface area contributed by atoms with E-state index in [1.807, 2.05) is 0 Å². The lowest BCUT2D eigenvalue weighted by molar-refractivity contribution is -0.139. The maximum atomic E-state index is 11.7. The molecule has 1 atom stereocenters. The molecule has 1 N–H and O–H groups in total. The molecule has 0 fully saturated rings. The second-order valence-electron chi connectivity index (χ2n) is 3.05. The molecule has 7 nitrogen and oxygen atoms in total. The van der Waals surface area contributed by atoms with E-state index in [1.165, 1.54) is 19.1 Å². The van der Waals surface area contributed by atoms with E-state index in [0.29, 0.717) is 0 Å². The predicted octanol–water partition coefficient (Wildman–Crippen LogP) is 0.433. The Bertz CT molecular complexity index is 502. The van der Waals surface area contributed by atoms with E-state index in [0.717, 1.165) is 7.11 Å². The molecular weight excluding hydrogens is 270 g/mol. The van der Waals surface area contributed by atoms with Crippen molar-refractivity contribution >= 4 is 33.4 Å². The highest BCUT2D eigenvalue weighted by Crippen LogP contribution is 2.11. The highest BCUT2D eigenvalue weighted by atomic mass is 35.5. The molecule has 1 aromatic rings. The van der Waals surface area contributed by atoms with Crippen molar-refractivity contribution in [3.63, 3.8) is 0 Å². The first kappa shape index (κ1) is 13.7. The van der Waals surface area contributed by atoms with Gasteiger partial charge in [-0.3, -0.25) is 9.52 Å². The molecule has 94 valence electrons. The molecule has 9 heteroatoms. The summed E-state index contributed by atoms with van der Waals surface area (Å²) in [5, 5.41) is 5.76. The molecule has 0 saturated carbocycles. The summed E-state index contributed by atoms with van der Waals surface area (Å²) in [6, 6.07) is 2.70. The molecule has 0 radical (unpaired) electrons. The zero-order valence-electron chi connectivity index (χ0n) is 9.05. The van der Waals surface area contributed by atoms with Crippen LogP contribution in [0, 0.1) is 0 Å². The monoisotopic (exact) mass is 279 g/mol. The first-order valence-electron chi connectivity index (χ1n) is 4.45. The van der Waals surface area contributed by atoms with Crippen LogP contribution < -0.4 is 4.72 Å². The van der Waals surface area contributed by atoms with E-state index in [2.05, 4.69) is 19.7 Å². The standard InChI is InChI=1S/C8H10ClN3O4S/c1-5(8(13)16-2)17(14,15)12-7-4-3-6(9)10-11-7/h3-5H,1-2H3,(H,11,12). The summed E-state index contributed by atoms with van der Waals surface area (Å²) < 4.78 is 29.8. The Kier molecular flexibility index (Phi) is 4.24. The number of halogens is 1. The normalized spacial score (nSPS) is 12.9. The summed E-state index contributed by atoms with van der Waals surface area (Å²) >= 11 is 5.49. The Hall–Kier alpha value is -1.41. The van der Waals surface area contributed by atoms with Gasteiger partial charge in [0, 0.05) is 0 Å². The SMILES string of the molecule is COC(=O)C(C)S(=O)(=O)Nc1ccc(Cl)nn1. The van der Waals surface area contributed by atoms with Gasteiger partial charge in [-0.2, -0.15) is 0 Å². The van der Waals surface area contributed by atoms with Gasteiger partial charge in [0.15, 0.2) is 16.2 Å². The first-order valence-corrected chi connectivity index (χ1v) is 6.38. The molecule has 0 aliphatic rings. The Balaban J connectivity index is 2.86. The van der Waals surface area contributed by atoms with Crippen LogP contribution in [-0.2, 0) is 19.6 Å². The van der Waals surface area contributed by atoms with Crippen molar-refractivity contribution in [1.29, 1.82) is 0 Å². The van der Waals surface area contributed by atoms with Gasteiger partial charge in [-0.25, -0.2) is 8.42 Å². The minimum atomic E-state index is -3.91. The molecule has 1 heterocycles. The van der Waals surface area contributed by atoms with E-state index in [9.17, 15) is 13.2 Å². The summed E-state index contributed by atoms with van der Waals surface area (Å²) in [5.41, 5.74) is 0. The minimum absolute atomic E-state index is 0.0230. The number of nitrogens with one attached hydrogen (secondary N) is 1. The Morgan fingerprint density at radius 3 is 2.59 bits per heavy atom. The third-order valence-electron chi connectivity index (χ3n) is 1.88. The number of anilines is 1. The largest absolute Gasteiger partial charge is 0.468 e. The van der Waals surface area contributed by atoms with Gasteiger partial charge in [-0.1, -0.05) is 11.6 Å². The van der Waals surface area contributed by atoms with Crippen LogP contribution >= 0.6 is 11.6 Å². The van der Waals surface area contributed by atoms with E-state index < -0.39 is 21.2 Å². The van der Waals surface area contributed by atoms with Gasteiger partial charge >= 0.3 is 5.97 Å². The quantitative estimate of drug-likeness (QED) is 0.803. The fourth-order valence-electron chi connectivity index (χ4n) is 0.897. The molecule has 0 bridgehead atoms. The van der Waals surface area contributed by atoms with Crippen molar-refractivity contribution in [3.8, 4) is 0 Å². The number of nitrogens with zero attached hydrogens (tertiary/aromatic N) is 2. The highest BCUT2D eigenvalue weighted by molar-refractivity contribution is 7.94. The van der Waals surface area contributed by atoms with E-state index in [1.54, 1.807) is 0 Å². The number of sulfonamides is 1. The van der Waals surface area contributed by atoms with E-state index >= 15 is 0 Å². The molecule has 0 saturated heterocycles. The van der Waals surface area contributed by atoms with Crippen molar-refractivity contribution < 1.29 is 17.9 Å². The molecule has 0 spiro atoms. The van der Waals surface area contributed by atoms with Crippen LogP contribution in [0.3, 0.4) is 0 Å². The van der Waals surface area contributed by atoms with Gasteiger partial charge in [0.2, 0.25) is 10.0 Å². The van der Waals surface area contributed by atoms with Gasteiger partial charge in [0.1, 0.15) is 0 Å².